The number of urea groups is 1. The molecule has 0 unspecified atom stereocenters. The summed E-state index contributed by atoms with van der Waals surface area (Å²) in [4.78, 5) is 27.1. The molecule has 2 aromatic rings. The lowest BCUT2D eigenvalue weighted by atomic mass is 10.1. The van der Waals surface area contributed by atoms with Gasteiger partial charge < -0.3 is 15.5 Å². The molecule has 136 valence electrons. The second-order valence-corrected chi connectivity index (χ2v) is 6.78. The zero-order chi connectivity index (χ0) is 18.4. The number of hydrogen-bond donors (Lipinski definition) is 2. The number of nitrogens with zero attached hydrogens (tertiary/aromatic N) is 1. The van der Waals surface area contributed by atoms with E-state index in [1.165, 1.54) is 0 Å². The van der Waals surface area contributed by atoms with E-state index in [9.17, 15) is 9.59 Å². The van der Waals surface area contributed by atoms with Crippen LogP contribution in [0.25, 0.3) is 0 Å². The molecule has 2 aromatic carbocycles. The Morgan fingerprint density at radius 1 is 0.885 bits per heavy atom. The summed E-state index contributed by atoms with van der Waals surface area (Å²) in [5.41, 5.74) is 1.60. The first kappa shape index (κ1) is 18.3. The van der Waals surface area contributed by atoms with Crippen LogP contribution < -0.4 is 10.6 Å². The Bertz CT molecular complexity index is 786. The highest BCUT2D eigenvalue weighted by Crippen LogP contribution is 2.21. The van der Waals surface area contributed by atoms with Crippen molar-refractivity contribution < 1.29 is 9.59 Å². The first-order valence-electron chi connectivity index (χ1n) is 8.85. The summed E-state index contributed by atoms with van der Waals surface area (Å²) in [6, 6.07) is 13.6. The van der Waals surface area contributed by atoms with Gasteiger partial charge in [-0.2, -0.15) is 0 Å². The highest BCUT2D eigenvalue weighted by atomic mass is 35.5. The lowest BCUT2D eigenvalue weighted by Crippen LogP contribution is -2.32. The number of hydrogen-bond acceptors (Lipinski definition) is 2. The average Bonchev–Trinajstić information content (AvgIpc) is 2.91. The molecule has 3 rings (SSSR count). The standard InChI is InChI=1S/C20H22ClN3O2/c21-15-8-7-9-16(14-15)22-20(26)23-18-11-4-3-10-17(18)19(25)24-12-5-1-2-6-13-24/h3-4,7-11,14H,1-2,5-6,12-13H2,(H2,22,23,26). The molecule has 2 N–H and O–H groups in total. The fourth-order valence-corrected chi connectivity index (χ4v) is 3.26. The third-order valence-corrected chi connectivity index (χ3v) is 4.62. The summed E-state index contributed by atoms with van der Waals surface area (Å²) in [7, 11) is 0. The predicted octanol–water partition coefficient (Wildman–Crippen LogP) is 5.00. The highest BCUT2D eigenvalue weighted by molar-refractivity contribution is 6.30. The average molecular weight is 372 g/mol. The van der Waals surface area contributed by atoms with E-state index in [1.54, 1.807) is 42.5 Å². The predicted molar refractivity (Wildman–Crippen MR) is 105 cm³/mol. The number of halogens is 1. The van der Waals surface area contributed by atoms with Crippen LogP contribution in [0.2, 0.25) is 5.02 Å². The van der Waals surface area contributed by atoms with Gasteiger partial charge in [0, 0.05) is 23.8 Å². The van der Waals surface area contributed by atoms with Crippen LogP contribution in [0.3, 0.4) is 0 Å². The van der Waals surface area contributed by atoms with Crippen LogP contribution in [0.1, 0.15) is 36.0 Å². The molecule has 0 aromatic heterocycles. The molecule has 5 nitrogen and oxygen atoms in total. The van der Waals surface area contributed by atoms with Crippen molar-refractivity contribution in [1.82, 2.24) is 4.90 Å². The van der Waals surface area contributed by atoms with Crippen LogP contribution in [0.15, 0.2) is 48.5 Å². The maximum absolute atomic E-state index is 12.9. The van der Waals surface area contributed by atoms with Gasteiger partial charge in [-0.3, -0.25) is 4.79 Å². The lowest BCUT2D eigenvalue weighted by Gasteiger charge is -2.22. The molecule has 0 bridgehead atoms. The van der Waals surface area contributed by atoms with Gasteiger partial charge in [0.25, 0.3) is 5.91 Å². The minimum absolute atomic E-state index is 0.0365. The molecule has 0 radical (unpaired) electrons. The van der Waals surface area contributed by atoms with Crippen molar-refractivity contribution in [3.63, 3.8) is 0 Å². The van der Waals surface area contributed by atoms with Crippen molar-refractivity contribution in [3.05, 3.63) is 59.1 Å². The van der Waals surface area contributed by atoms with E-state index >= 15 is 0 Å². The van der Waals surface area contributed by atoms with Gasteiger partial charge in [0.15, 0.2) is 0 Å². The molecule has 0 spiro atoms. The van der Waals surface area contributed by atoms with Crippen molar-refractivity contribution >= 4 is 34.9 Å². The molecular weight excluding hydrogens is 350 g/mol. The van der Waals surface area contributed by atoms with Crippen LogP contribution in [0.5, 0.6) is 0 Å². The highest BCUT2D eigenvalue weighted by Gasteiger charge is 2.20. The molecule has 1 saturated heterocycles. The summed E-state index contributed by atoms with van der Waals surface area (Å²) in [6.07, 6.45) is 4.37. The first-order valence-corrected chi connectivity index (χ1v) is 9.23. The maximum atomic E-state index is 12.9. The van der Waals surface area contributed by atoms with Crippen LogP contribution in [-0.2, 0) is 0 Å². The number of carbonyl (C=O) groups is 2. The van der Waals surface area contributed by atoms with Gasteiger partial charge in [-0.05, 0) is 43.2 Å². The largest absolute Gasteiger partial charge is 0.339 e. The molecule has 1 aliphatic heterocycles. The number of nitrogens with one attached hydrogen (secondary N) is 2. The van der Waals surface area contributed by atoms with Crippen molar-refractivity contribution in [2.24, 2.45) is 0 Å². The summed E-state index contributed by atoms with van der Waals surface area (Å²) >= 11 is 5.93. The summed E-state index contributed by atoms with van der Waals surface area (Å²) in [6.45, 7) is 1.53. The molecule has 26 heavy (non-hydrogen) atoms. The monoisotopic (exact) mass is 371 g/mol. The number of likely N-dealkylation sites (tertiary alicyclic amines) is 1. The Balaban J connectivity index is 1.72. The fourth-order valence-electron chi connectivity index (χ4n) is 3.07. The van der Waals surface area contributed by atoms with E-state index in [2.05, 4.69) is 10.6 Å². The van der Waals surface area contributed by atoms with E-state index in [1.807, 2.05) is 11.0 Å². The zero-order valence-electron chi connectivity index (χ0n) is 14.5. The van der Waals surface area contributed by atoms with Gasteiger partial charge >= 0.3 is 6.03 Å². The second kappa shape index (κ2) is 8.72. The molecule has 0 atom stereocenters. The van der Waals surface area contributed by atoms with Crippen molar-refractivity contribution in [2.75, 3.05) is 23.7 Å². The molecule has 1 aliphatic rings. The Morgan fingerprint density at radius 2 is 1.62 bits per heavy atom. The second-order valence-electron chi connectivity index (χ2n) is 6.34. The van der Waals surface area contributed by atoms with Crippen LogP contribution >= 0.6 is 11.6 Å². The van der Waals surface area contributed by atoms with Gasteiger partial charge in [0.1, 0.15) is 0 Å². The molecule has 3 amide bonds. The first-order chi connectivity index (χ1) is 12.6. The number of benzene rings is 2. The smallest absolute Gasteiger partial charge is 0.323 e. The molecule has 6 heteroatoms. The Kier molecular flexibility index (Phi) is 6.12. The number of para-hydroxylation sites is 1. The van der Waals surface area contributed by atoms with E-state index in [0.29, 0.717) is 22.0 Å². The Morgan fingerprint density at radius 3 is 2.35 bits per heavy atom. The van der Waals surface area contributed by atoms with Crippen molar-refractivity contribution in [3.8, 4) is 0 Å². The van der Waals surface area contributed by atoms with Crippen molar-refractivity contribution in [1.29, 1.82) is 0 Å². The summed E-state index contributed by atoms with van der Waals surface area (Å²) < 4.78 is 0. The van der Waals surface area contributed by atoms with E-state index in [0.717, 1.165) is 38.8 Å². The summed E-state index contributed by atoms with van der Waals surface area (Å²) in [5, 5.41) is 6.04. The van der Waals surface area contributed by atoms with Gasteiger partial charge in [-0.25, -0.2) is 4.79 Å². The normalized spacial score (nSPS) is 14.4. The van der Waals surface area contributed by atoms with E-state index < -0.39 is 6.03 Å². The zero-order valence-corrected chi connectivity index (χ0v) is 15.3. The summed E-state index contributed by atoms with van der Waals surface area (Å²) in [5.74, 6) is -0.0365. The molecule has 0 aliphatic carbocycles. The lowest BCUT2D eigenvalue weighted by molar-refractivity contribution is 0.0762. The van der Waals surface area contributed by atoms with E-state index in [4.69, 9.17) is 11.6 Å². The number of rotatable bonds is 3. The topological polar surface area (TPSA) is 61.4 Å². The molecule has 1 heterocycles. The SMILES string of the molecule is O=C(Nc1cccc(Cl)c1)Nc1ccccc1C(=O)N1CCCCCC1. The Labute approximate surface area is 158 Å². The van der Waals surface area contributed by atoms with Crippen LogP contribution in [0.4, 0.5) is 16.2 Å². The van der Waals surface area contributed by atoms with Crippen LogP contribution in [0, 0.1) is 0 Å². The number of amides is 3. The minimum atomic E-state index is -0.414. The fraction of sp³-hybridized carbons (Fsp3) is 0.300. The van der Waals surface area contributed by atoms with E-state index in [-0.39, 0.29) is 5.91 Å². The van der Waals surface area contributed by atoms with Gasteiger partial charge in [0.05, 0.1) is 11.3 Å². The quantitative estimate of drug-likeness (QED) is 0.797. The number of anilines is 2. The van der Waals surface area contributed by atoms with Gasteiger partial charge in [-0.1, -0.05) is 42.6 Å². The van der Waals surface area contributed by atoms with Crippen molar-refractivity contribution in [2.45, 2.75) is 25.7 Å². The molecule has 0 saturated carbocycles. The van der Waals surface area contributed by atoms with Gasteiger partial charge in [-0.15, -0.1) is 0 Å². The van der Waals surface area contributed by atoms with Gasteiger partial charge in [0.2, 0.25) is 0 Å². The third kappa shape index (κ3) is 4.76. The maximum Gasteiger partial charge on any atom is 0.323 e. The van der Waals surface area contributed by atoms with Crippen LogP contribution in [-0.4, -0.2) is 29.9 Å². The Hall–Kier alpha value is -2.53. The third-order valence-electron chi connectivity index (χ3n) is 4.38. The molecular formula is C20H22ClN3O2. The number of carbonyl (C=O) groups excluding carboxylic acids is 2. The minimum Gasteiger partial charge on any atom is -0.339 e. The molecule has 1 fully saturated rings.